The molecule has 2 aromatic carbocycles. The summed E-state index contributed by atoms with van der Waals surface area (Å²) >= 11 is 0. The Bertz CT molecular complexity index is 1010. The van der Waals surface area contributed by atoms with Crippen molar-refractivity contribution in [3.05, 3.63) is 83.1 Å². The highest BCUT2D eigenvalue weighted by atomic mass is 16.3. The number of hydrogen-bond donors (Lipinski definition) is 3. The molecule has 2 heterocycles. The molecule has 1 unspecified atom stereocenters. The maximum absolute atomic E-state index is 9.77. The summed E-state index contributed by atoms with van der Waals surface area (Å²) in [5.41, 5.74) is 6.45. The lowest BCUT2D eigenvalue weighted by molar-refractivity contribution is 0.473. The number of anilines is 1. The van der Waals surface area contributed by atoms with Crippen LogP contribution in [0.25, 0.3) is 5.70 Å². The minimum atomic E-state index is 0.276. The number of aromatic hydroxyl groups is 1. The van der Waals surface area contributed by atoms with Crippen molar-refractivity contribution in [1.29, 1.82) is 0 Å². The Balaban J connectivity index is 1.45. The molecule has 150 valence electrons. The van der Waals surface area contributed by atoms with Crippen molar-refractivity contribution in [2.24, 2.45) is 0 Å². The van der Waals surface area contributed by atoms with E-state index in [0.29, 0.717) is 12.6 Å². The van der Waals surface area contributed by atoms with Gasteiger partial charge in [-0.25, -0.2) is 0 Å². The highest BCUT2D eigenvalue weighted by molar-refractivity contribution is 5.73. The molecule has 0 aliphatic carbocycles. The Kier molecular flexibility index (Phi) is 5.41. The molecule has 0 amide bonds. The fourth-order valence-electron chi connectivity index (χ4n) is 3.83. The van der Waals surface area contributed by atoms with Crippen LogP contribution in [0.4, 0.5) is 5.82 Å². The van der Waals surface area contributed by atoms with Crippen molar-refractivity contribution < 1.29 is 5.11 Å². The van der Waals surface area contributed by atoms with Gasteiger partial charge < -0.3 is 15.7 Å². The fraction of sp³-hybridized carbons (Fsp3) is 0.292. The predicted molar refractivity (Wildman–Crippen MR) is 118 cm³/mol. The summed E-state index contributed by atoms with van der Waals surface area (Å²) in [7, 11) is 0. The minimum Gasteiger partial charge on any atom is -0.508 e. The number of rotatable bonds is 6. The van der Waals surface area contributed by atoms with Gasteiger partial charge in [0, 0.05) is 23.5 Å². The van der Waals surface area contributed by atoms with E-state index in [9.17, 15) is 5.11 Å². The lowest BCUT2D eigenvalue weighted by Crippen LogP contribution is -2.12. The zero-order valence-electron chi connectivity index (χ0n) is 17.1. The molecule has 29 heavy (non-hydrogen) atoms. The van der Waals surface area contributed by atoms with Gasteiger partial charge in [-0.2, -0.15) is 5.10 Å². The first kappa shape index (κ1) is 19.3. The van der Waals surface area contributed by atoms with Crippen LogP contribution in [-0.4, -0.2) is 21.4 Å². The molecule has 5 heteroatoms. The SMILES string of the molecule is C=C(Nc1cc(C)n(Cc2cc(O)ccc2C)n1)c1ccc(C2CCCN2)cc1. The van der Waals surface area contributed by atoms with E-state index in [-0.39, 0.29) is 5.75 Å². The Hall–Kier alpha value is -3.05. The zero-order valence-corrected chi connectivity index (χ0v) is 17.1. The number of aryl methyl sites for hydroxylation is 2. The summed E-state index contributed by atoms with van der Waals surface area (Å²) < 4.78 is 1.94. The van der Waals surface area contributed by atoms with Crippen molar-refractivity contribution >= 4 is 11.5 Å². The lowest BCUT2D eigenvalue weighted by atomic mass is 10.0. The molecular weight excluding hydrogens is 360 g/mol. The average molecular weight is 389 g/mol. The lowest BCUT2D eigenvalue weighted by Gasteiger charge is -2.12. The minimum absolute atomic E-state index is 0.276. The third-order valence-corrected chi connectivity index (χ3v) is 5.63. The first-order valence-corrected chi connectivity index (χ1v) is 10.1. The second-order valence-electron chi connectivity index (χ2n) is 7.81. The highest BCUT2D eigenvalue weighted by Crippen LogP contribution is 2.25. The molecule has 3 aromatic rings. The molecule has 0 radical (unpaired) electrons. The summed E-state index contributed by atoms with van der Waals surface area (Å²) in [5.74, 6) is 1.05. The molecule has 4 rings (SSSR count). The van der Waals surface area contributed by atoms with Crippen molar-refractivity contribution in [1.82, 2.24) is 15.1 Å². The van der Waals surface area contributed by atoms with E-state index in [0.717, 1.165) is 40.4 Å². The largest absolute Gasteiger partial charge is 0.508 e. The third-order valence-electron chi connectivity index (χ3n) is 5.63. The summed E-state index contributed by atoms with van der Waals surface area (Å²) in [6, 6.07) is 16.5. The van der Waals surface area contributed by atoms with Crippen LogP contribution in [0.3, 0.4) is 0 Å². The molecule has 0 spiro atoms. The first-order valence-electron chi connectivity index (χ1n) is 10.1. The molecular formula is C24H28N4O. The zero-order chi connectivity index (χ0) is 20.4. The van der Waals surface area contributed by atoms with Crippen molar-refractivity contribution in [2.45, 2.75) is 39.3 Å². The molecule has 1 aliphatic heterocycles. The van der Waals surface area contributed by atoms with Crippen molar-refractivity contribution in [3.8, 4) is 5.75 Å². The standard InChI is InChI=1S/C24H28N4O/c1-16-6-11-22(29)14-21(16)15-28-17(2)13-24(27-28)26-18(3)19-7-9-20(10-8-19)23-5-4-12-25-23/h6-11,13-14,23,25,29H,3-5,12,15H2,1-2H3,(H,26,27). The maximum Gasteiger partial charge on any atom is 0.152 e. The molecule has 3 N–H and O–H groups in total. The second kappa shape index (κ2) is 8.13. The van der Waals surface area contributed by atoms with E-state index < -0.39 is 0 Å². The van der Waals surface area contributed by atoms with E-state index in [1.807, 2.05) is 30.7 Å². The topological polar surface area (TPSA) is 62.1 Å². The highest BCUT2D eigenvalue weighted by Gasteiger charge is 2.16. The van der Waals surface area contributed by atoms with E-state index in [1.165, 1.54) is 18.4 Å². The van der Waals surface area contributed by atoms with Gasteiger partial charge in [0.15, 0.2) is 5.82 Å². The number of phenolic OH excluding ortho intramolecular Hbond substituents is 1. The summed E-state index contributed by atoms with van der Waals surface area (Å²) in [4.78, 5) is 0. The van der Waals surface area contributed by atoms with Crippen LogP contribution >= 0.6 is 0 Å². The van der Waals surface area contributed by atoms with Crippen LogP contribution in [0.2, 0.25) is 0 Å². The van der Waals surface area contributed by atoms with Crippen LogP contribution < -0.4 is 10.6 Å². The van der Waals surface area contributed by atoms with Crippen LogP contribution in [0, 0.1) is 13.8 Å². The number of aromatic nitrogens is 2. The van der Waals surface area contributed by atoms with Gasteiger partial charge in [0.05, 0.1) is 6.54 Å². The van der Waals surface area contributed by atoms with Crippen LogP contribution in [0.5, 0.6) is 5.75 Å². The van der Waals surface area contributed by atoms with Gasteiger partial charge in [-0.3, -0.25) is 4.68 Å². The predicted octanol–water partition coefficient (Wildman–Crippen LogP) is 4.76. The smallest absolute Gasteiger partial charge is 0.152 e. The van der Waals surface area contributed by atoms with Crippen LogP contribution in [0.1, 0.15) is 46.8 Å². The Morgan fingerprint density at radius 1 is 1.21 bits per heavy atom. The summed E-state index contributed by atoms with van der Waals surface area (Å²) in [6.45, 7) is 9.97. The Morgan fingerprint density at radius 3 is 2.72 bits per heavy atom. The third kappa shape index (κ3) is 4.35. The monoisotopic (exact) mass is 388 g/mol. The summed E-state index contributed by atoms with van der Waals surface area (Å²) in [5, 5.41) is 21.3. The molecule has 1 aliphatic rings. The number of nitrogens with one attached hydrogen (secondary N) is 2. The molecule has 0 bridgehead atoms. The van der Waals surface area contributed by atoms with Crippen molar-refractivity contribution in [2.75, 3.05) is 11.9 Å². The number of phenols is 1. The Labute approximate surface area is 172 Å². The molecule has 1 fully saturated rings. The van der Waals surface area contributed by atoms with Gasteiger partial charge in [0.1, 0.15) is 5.75 Å². The first-order chi connectivity index (χ1) is 14.0. The molecule has 0 saturated carbocycles. The second-order valence-corrected chi connectivity index (χ2v) is 7.81. The molecule has 1 atom stereocenters. The maximum atomic E-state index is 9.77. The molecule has 1 saturated heterocycles. The Morgan fingerprint density at radius 2 is 2.00 bits per heavy atom. The van der Waals surface area contributed by atoms with Gasteiger partial charge in [-0.15, -0.1) is 0 Å². The van der Waals surface area contributed by atoms with E-state index in [1.54, 1.807) is 12.1 Å². The van der Waals surface area contributed by atoms with Gasteiger partial charge in [-0.05, 0) is 67.6 Å². The molecule has 5 nitrogen and oxygen atoms in total. The quantitative estimate of drug-likeness (QED) is 0.570. The van der Waals surface area contributed by atoms with E-state index in [4.69, 9.17) is 0 Å². The normalized spacial score (nSPS) is 16.1. The fourth-order valence-corrected chi connectivity index (χ4v) is 3.83. The van der Waals surface area contributed by atoms with Crippen LogP contribution in [-0.2, 0) is 6.54 Å². The van der Waals surface area contributed by atoms with Gasteiger partial charge in [-0.1, -0.05) is 36.9 Å². The number of nitrogens with zero attached hydrogens (tertiary/aromatic N) is 2. The average Bonchev–Trinajstić information content (AvgIpc) is 3.35. The molecule has 1 aromatic heterocycles. The van der Waals surface area contributed by atoms with Gasteiger partial charge in [0.2, 0.25) is 0 Å². The van der Waals surface area contributed by atoms with Crippen molar-refractivity contribution in [3.63, 3.8) is 0 Å². The van der Waals surface area contributed by atoms with Gasteiger partial charge >= 0.3 is 0 Å². The number of hydrogen-bond acceptors (Lipinski definition) is 4. The van der Waals surface area contributed by atoms with E-state index in [2.05, 4.69) is 46.6 Å². The van der Waals surface area contributed by atoms with Gasteiger partial charge in [0.25, 0.3) is 0 Å². The van der Waals surface area contributed by atoms with E-state index >= 15 is 0 Å². The van der Waals surface area contributed by atoms with Crippen LogP contribution in [0.15, 0.2) is 55.1 Å². The number of benzene rings is 2. The summed E-state index contributed by atoms with van der Waals surface area (Å²) in [6.07, 6.45) is 2.44.